The van der Waals surface area contributed by atoms with Crippen LogP contribution in [0.15, 0.2) is 62.8 Å². The highest BCUT2D eigenvalue weighted by molar-refractivity contribution is 7.89. The lowest BCUT2D eigenvalue weighted by atomic mass is 10.1. The van der Waals surface area contributed by atoms with Gasteiger partial charge in [-0.05, 0) is 37.6 Å². The van der Waals surface area contributed by atoms with Gasteiger partial charge in [-0.1, -0.05) is 30.3 Å². The lowest BCUT2D eigenvalue weighted by Crippen LogP contribution is -2.36. The van der Waals surface area contributed by atoms with Crippen LogP contribution in [0.5, 0.6) is 0 Å². The van der Waals surface area contributed by atoms with Crippen molar-refractivity contribution in [3.8, 4) is 0 Å². The predicted molar refractivity (Wildman–Crippen MR) is 110 cm³/mol. The SMILES string of the molecule is CCNC(=NCc1ccc(S(N)(=O)=O)cc1)NCc1oc2ccccc2c1C. The molecule has 0 bridgehead atoms. The van der Waals surface area contributed by atoms with Crippen molar-refractivity contribution in [3.05, 3.63) is 65.4 Å². The molecule has 0 aliphatic rings. The van der Waals surface area contributed by atoms with Crippen molar-refractivity contribution in [2.75, 3.05) is 6.54 Å². The molecule has 0 saturated heterocycles. The van der Waals surface area contributed by atoms with Crippen LogP contribution in [0.1, 0.15) is 23.8 Å². The fourth-order valence-corrected chi connectivity index (χ4v) is 3.37. The predicted octanol–water partition coefficient (Wildman–Crippen LogP) is 2.64. The minimum Gasteiger partial charge on any atom is -0.459 e. The van der Waals surface area contributed by atoms with Crippen molar-refractivity contribution in [2.24, 2.45) is 10.1 Å². The van der Waals surface area contributed by atoms with Crippen molar-refractivity contribution >= 4 is 27.0 Å². The molecule has 148 valence electrons. The first-order valence-electron chi connectivity index (χ1n) is 8.99. The molecule has 8 heteroatoms. The van der Waals surface area contributed by atoms with Gasteiger partial charge in [-0.3, -0.25) is 0 Å². The topological polar surface area (TPSA) is 110 Å². The molecule has 3 aromatic rings. The van der Waals surface area contributed by atoms with Crippen LogP contribution in [0.2, 0.25) is 0 Å². The molecule has 0 fully saturated rings. The number of nitrogens with one attached hydrogen (secondary N) is 2. The summed E-state index contributed by atoms with van der Waals surface area (Å²) in [7, 11) is -3.68. The Kier molecular flexibility index (Phi) is 6.01. The number of aryl methyl sites for hydroxylation is 1. The number of para-hydroxylation sites is 1. The second-order valence-electron chi connectivity index (χ2n) is 6.38. The zero-order valence-corrected chi connectivity index (χ0v) is 16.7. The summed E-state index contributed by atoms with van der Waals surface area (Å²) in [6.07, 6.45) is 0. The molecule has 2 aromatic carbocycles. The first kappa shape index (κ1) is 19.9. The van der Waals surface area contributed by atoms with Crippen molar-refractivity contribution in [1.29, 1.82) is 0 Å². The maximum Gasteiger partial charge on any atom is 0.238 e. The second-order valence-corrected chi connectivity index (χ2v) is 7.95. The van der Waals surface area contributed by atoms with E-state index in [4.69, 9.17) is 9.56 Å². The van der Waals surface area contributed by atoms with Crippen LogP contribution in [0, 0.1) is 6.92 Å². The van der Waals surface area contributed by atoms with E-state index in [1.807, 2.05) is 38.1 Å². The molecule has 0 amide bonds. The van der Waals surface area contributed by atoms with E-state index in [0.29, 0.717) is 19.0 Å². The number of fused-ring (bicyclic) bond motifs is 1. The first-order valence-corrected chi connectivity index (χ1v) is 10.5. The summed E-state index contributed by atoms with van der Waals surface area (Å²) in [6, 6.07) is 14.3. The van der Waals surface area contributed by atoms with Crippen LogP contribution in [-0.2, 0) is 23.1 Å². The average molecular weight is 401 g/mol. The maximum atomic E-state index is 11.3. The van der Waals surface area contributed by atoms with Crippen molar-refractivity contribution in [2.45, 2.75) is 31.8 Å². The largest absolute Gasteiger partial charge is 0.459 e. The highest BCUT2D eigenvalue weighted by atomic mass is 32.2. The molecule has 0 aliphatic heterocycles. The Bertz CT molecular complexity index is 1090. The summed E-state index contributed by atoms with van der Waals surface area (Å²) in [5.41, 5.74) is 2.86. The number of benzene rings is 2. The molecule has 4 N–H and O–H groups in total. The molecule has 0 unspecified atom stereocenters. The summed E-state index contributed by atoms with van der Waals surface area (Å²) >= 11 is 0. The van der Waals surface area contributed by atoms with Gasteiger partial charge in [0.25, 0.3) is 0 Å². The Morgan fingerprint density at radius 3 is 2.46 bits per heavy atom. The maximum absolute atomic E-state index is 11.3. The van der Waals surface area contributed by atoms with Gasteiger partial charge in [0.15, 0.2) is 5.96 Å². The molecule has 0 saturated carbocycles. The van der Waals surface area contributed by atoms with E-state index in [9.17, 15) is 8.42 Å². The van der Waals surface area contributed by atoms with Crippen LogP contribution in [-0.4, -0.2) is 20.9 Å². The Hall–Kier alpha value is -2.84. The number of hydrogen-bond donors (Lipinski definition) is 3. The smallest absolute Gasteiger partial charge is 0.238 e. The Morgan fingerprint density at radius 1 is 1.11 bits per heavy atom. The van der Waals surface area contributed by atoms with E-state index >= 15 is 0 Å². The first-order chi connectivity index (χ1) is 13.4. The normalized spacial score (nSPS) is 12.3. The minimum absolute atomic E-state index is 0.0885. The van der Waals surface area contributed by atoms with Crippen LogP contribution < -0.4 is 15.8 Å². The van der Waals surface area contributed by atoms with Gasteiger partial charge in [-0.15, -0.1) is 0 Å². The second kappa shape index (κ2) is 8.45. The lowest BCUT2D eigenvalue weighted by molar-refractivity contribution is 0.534. The number of aliphatic imine (C=N–C) groups is 1. The molecule has 0 spiro atoms. The number of hydrogen-bond acceptors (Lipinski definition) is 4. The van der Waals surface area contributed by atoms with Crippen LogP contribution in [0.3, 0.4) is 0 Å². The fraction of sp³-hybridized carbons (Fsp3) is 0.250. The molecule has 28 heavy (non-hydrogen) atoms. The average Bonchev–Trinajstić information content (AvgIpc) is 3.00. The number of sulfonamides is 1. The van der Waals surface area contributed by atoms with Crippen molar-refractivity contribution in [3.63, 3.8) is 0 Å². The van der Waals surface area contributed by atoms with E-state index in [1.165, 1.54) is 12.1 Å². The molecule has 1 heterocycles. The number of rotatable bonds is 6. The van der Waals surface area contributed by atoms with E-state index in [2.05, 4.69) is 15.6 Å². The van der Waals surface area contributed by atoms with Gasteiger partial charge in [0.2, 0.25) is 10.0 Å². The van der Waals surface area contributed by atoms with E-state index in [-0.39, 0.29) is 4.90 Å². The standard InChI is InChI=1S/C20H24N4O3S/c1-3-22-20(23-12-15-8-10-16(11-9-15)28(21,25)26)24-13-19-14(2)17-6-4-5-7-18(17)27-19/h4-11H,3,12-13H2,1-2H3,(H2,21,25,26)(H2,22,23,24). The van der Waals surface area contributed by atoms with E-state index in [0.717, 1.165) is 34.4 Å². The number of nitrogens with zero attached hydrogens (tertiary/aromatic N) is 1. The molecule has 3 rings (SSSR count). The Morgan fingerprint density at radius 2 is 1.82 bits per heavy atom. The van der Waals surface area contributed by atoms with Gasteiger partial charge in [-0.25, -0.2) is 18.5 Å². The number of furan rings is 1. The number of primary sulfonamides is 1. The van der Waals surface area contributed by atoms with Gasteiger partial charge in [-0.2, -0.15) is 0 Å². The monoisotopic (exact) mass is 400 g/mol. The summed E-state index contributed by atoms with van der Waals surface area (Å²) in [5.74, 6) is 1.52. The minimum atomic E-state index is -3.68. The quantitative estimate of drug-likeness (QED) is 0.435. The van der Waals surface area contributed by atoms with Crippen LogP contribution in [0.4, 0.5) is 0 Å². The molecule has 0 atom stereocenters. The summed E-state index contributed by atoms with van der Waals surface area (Å²) < 4.78 is 28.6. The molecular weight excluding hydrogens is 376 g/mol. The van der Waals surface area contributed by atoms with Gasteiger partial charge in [0.05, 0.1) is 18.0 Å². The Balaban J connectivity index is 1.69. The zero-order chi connectivity index (χ0) is 20.1. The number of guanidine groups is 1. The zero-order valence-electron chi connectivity index (χ0n) is 15.9. The summed E-state index contributed by atoms with van der Waals surface area (Å²) in [4.78, 5) is 4.63. The third kappa shape index (κ3) is 4.71. The molecular formula is C20H24N4O3S. The molecule has 7 nitrogen and oxygen atoms in total. The van der Waals surface area contributed by atoms with Gasteiger partial charge < -0.3 is 15.1 Å². The highest BCUT2D eigenvalue weighted by Gasteiger charge is 2.10. The van der Waals surface area contributed by atoms with Crippen LogP contribution >= 0.6 is 0 Å². The molecule has 0 radical (unpaired) electrons. The Labute approximate surface area is 164 Å². The summed E-state index contributed by atoms with van der Waals surface area (Å²) in [5, 5.41) is 12.7. The van der Waals surface area contributed by atoms with E-state index < -0.39 is 10.0 Å². The fourth-order valence-electron chi connectivity index (χ4n) is 2.85. The van der Waals surface area contributed by atoms with Gasteiger partial charge in [0, 0.05) is 17.5 Å². The third-order valence-corrected chi connectivity index (χ3v) is 5.30. The lowest BCUT2D eigenvalue weighted by Gasteiger charge is -2.10. The van der Waals surface area contributed by atoms with Gasteiger partial charge in [0.1, 0.15) is 11.3 Å². The van der Waals surface area contributed by atoms with Gasteiger partial charge >= 0.3 is 0 Å². The highest BCUT2D eigenvalue weighted by Crippen LogP contribution is 2.24. The van der Waals surface area contributed by atoms with Crippen molar-refractivity contribution in [1.82, 2.24) is 10.6 Å². The molecule has 1 aromatic heterocycles. The van der Waals surface area contributed by atoms with Crippen molar-refractivity contribution < 1.29 is 12.8 Å². The third-order valence-electron chi connectivity index (χ3n) is 4.37. The molecule has 0 aliphatic carbocycles. The van der Waals surface area contributed by atoms with Crippen LogP contribution in [0.25, 0.3) is 11.0 Å². The number of nitrogens with two attached hydrogens (primary N) is 1. The summed E-state index contributed by atoms with van der Waals surface area (Å²) in [6.45, 7) is 5.66. The van der Waals surface area contributed by atoms with E-state index in [1.54, 1.807) is 12.1 Å².